The van der Waals surface area contributed by atoms with Crippen LogP contribution in [0.3, 0.4) is 0 Å². The lowest BCUT2D eigenvalue weighted by Gasteiger charge is -1.99. The molecule has 0 aliphatic carbocycles. The number of nitro groups is 1. The maximum absolute atomic E-state index is 12.9. The highest BCUT2D eigenvalue weighted by Gasteiger charge is 2.16. The molecule has 0 saturated heterocycles. The summed E-state index contributed by atoms with van der Waals surface area (Å²) in [4.78, 5) is 9.81. The number of nitrogens with zero attached hydrogens (tertiary/aromatic N) is 1. The summed E-state index contributed by atoms with van der Waals surface area (Å²) in [5.41, 5.74) is -0.446. The Morgan fingerprint density at radius 3 is 2.56 bits per heavy atom. The summed E-state index contributed by atoms with van der Waals surface area (Å²) in [5.74, 6) is -1.99. The number of benzene rings is 1. The zero-order valence-corrected chi connectivity index (χ0v) is 8.88. The molecule has 0 atom stereocenters. The summed E-state index contributed by atoms with van der Waals surface area (Å²) in [6.07, 6.45) is 3.41. The van der Waals surface area contributed by atoms with Crippen LogP contribution in [-0.4, -0.2) is 10.8 Å². The van der Waals surface area contributed by atoms with Crippen molar-refractivity contribution in [3.05, 3.63) is 45.5 Å². The van der Waals surface area contributed by atoms with Gasteiger partial charge >= 0.3 is 0 Å². The number of allylic oxidation sites excluding steroid dienone is 1. The molecule has 1 aromatic carbocycles. The monoisotopic (exact) mass is 247 g/mol. The molecule has 1 aromatic rings. The third-order valence-corrected chi connectivity index (χ3v) is 2.06. The molecule has 86 valence electrons. The summed E-state index contributed by atoms with van der Waals surface area (Å²) in [6, 6.07) is 1.36. The van der Waals surface area contributed by atoms with Crippen molar-refractivity contribution in [1.82, 2.24) is 0 Å². The minimum Gasteiger partial charge on any atom is -0.258 e. The van der Waals surface area contributed by atoms with Gasteiger partial charge in [0.15, 0.2) is 11.6 Å². The van der Waals surface area contributed by atoms with Crippen molar-refractivity contribution in [1.29, 1.82) is 0 Å². The standard InChI is InChI=1S/C10H8ClF2NO2/c11-4-2-1-3-7-5-8(12)9(13)6-10(7)14(15)16/h1,3,5-6H,2,4H2. The van der Waals surface area contributed by atoms with Gasteiger partial charge in [0.25, 0.3) is 5.69 Å². The lowest BCUT2D eigenvalue weighted by atomic mass is 10.1. The second-order valence-corrected chi connectivity index (χ2v) is 3.34. The van der Waals surface area contributed by atoms with Crippen LogP contribution in [0, 0.1) is 21.7 Å². The second-order valence-electron chi connectivity index (χ2n) is 2.96. The molecule has 6 heteroatoms. The molecule has 0 amide bonds. The molecule has 16 heavy (non-hydrogen) atoms. The predicted octanol–water partition coefficient (Wildman–Crippen LogP) is 3.52. The minimum atomic E-state index is -1.24. The van der Waals surface area contributed by atoms with Crippen molar-refractivity contribution < 1.29 is 13.7 Å². The fraction of sp³-hybridized carbons (Fsp3) is 0.200. The lowest BCUT2D eigenvalue weighted by molar-refractivity contribution is -0.385. The van der Waals surface area contributed by atoms with Crippen LogP contribution in [0.2, 0.25) is 0 Å². The maximum atomic E-state index is 12.9. The Balaban J connectivity index is 3.14. The van der Waals surface area contributed by atoms with Gasteiger partial charge in [-0.15, -0.1) is 11.6 Å². The van der Waals surface area contributed by atoms with Gasteiger partial charge in [-0.25, -0.2) is 8.78 Å². The van der Waals surface area contributed by atoms with Gasteiger partial charge in [-0.1, -0.05) is 12.2 Å². The van der Waals surface area contributed by atoms with E-state index in [0.717, 1.165) is 6.07 Å². The van der Waals surface area contributed by atoms with Crippen LogP contribution in [0.5, 0.6) is 0 Å². The Morgan fingerprint density at radius 1 is 1.38 bits per heavy atom. The minimum absolute atomic E-state index is 0.0222. The number of halogens is 3. The van der Waals surface area contributed by atoms with Gasteiger partial charge in [-0.2, -0.15) is 0 Å². The van der Waals surface area contributed by atoms with Crippen molar-refractivity contribution >= 4 is 23.4 Å². The van der Waals surface area contributed by atoms with Crippen molar-refractivity contribution in [3.63, 3.8) is 0 Å². The lowest BCUT2D eigenvalue weighted by Crippen LogP contribution is -1.95. The molecule has 3 nitrogen and oxygen atoms in total. The van der Waals surface area contributed by atoms with Crippen molar-refractivity contribution in [3.8, 4) is 0 Å². The number of hydrogen-bond donors (Lipinski definition) is 0. The van der Waals surface area contributed by atoms with Crippen molar-refractivity contribution in [2.24, 2.45) is 0 Å². The van der Waals surface area contributed by atoms with Crippen molar-refractivity contribution in [2.75, 3.05) is 5.88 Å². The Hall–Kier alpha value is -1.49. The summed E-state index contributed by atoms with van der Waals surface area (Å²) in [6.45, 7) is 0. The third-order valence-electron chi connectivity index (χ3n) is 1.84. The van der Waals surface area contributed by atoms with E-state index in [1.807, 2.05) is 0 Å². The number of alkyl halides is 1. The van der Waals surface area contributed by atoms with Gasteiger partial charge in [0.1, 0.15) is 0 Å². The van der Waals surface area contributed by atoms with Crippen LogP contribution in [0.1, 0.15) is 12.0 Å². The average molecular weight is 248 g/mol. The van der Waals surface area contributed by atoms with Crippen molar-refractivity contribution in [2.45, 2.75) is 6.42 Å². The quantitative estimate of drug-likeness (QED) is 0.464. The van der Waals surface area contributed by atoms with E-state index in [1.165, 1.54) is 6.08 Å². The van der Waals surface area contributed by atoms with E-state index in [4.69, 9.17) is 11.6 Å². The highest BCUT2D eigenvalue weighted by molar-refractivity contribution is 6.17. The zero-order valence-electron chi connectivity index (χ0n) is 8.12. The molecule has 0 spiro atoms. The molecule has 0 fully saturated rings. The summed E-state index contributed by atoms with van der Waals surface area (Å²) in [5, 5.41) is 10.6. The smallest absolute Gasteiger partial charge is 0.258 e. The third kappa shape index (κ3) is 3.00. The van der Waals surface area contributed by atoms with E-state index in [-0.39, 0.29) is 5.56 Å². The summed E-state index contributed by atoms with van der Waals surface area (Å²) < 4.78 is 25.7. The molecule has 0 N–H and O–H groups in total. The van der Waals surface area contributed by atoms with Crippen LogP contribution < -0.4 is 0 Å². The molecule has 0 heterocycles. The second kappa shape index (κ2) is 5.55. The van der Waals surface area contributed by atoms with E-state index in [1.54, 1.807) is 6.08 Å². The van der Waals surface area contributed by atoms with E-state index >= 15 is 0 Å². The van der Waals surface area contributed by atoms with Crippen LogP contribution in [-0.2, 0) is 0 Å². The number of hydrogen-bond acceptors (Lipinski definition) is 2. The predicted molar refractivity (Wildman–Crippen MR) is 57.4 cm³/mol. The van der Waals surface area contributed by atoms with Gasteiger partial charge in [-0.3, -0.25) is 10.1 Å². The molecule has 0 radical (unpaired) electrons. The van der Waals surface area contributed by atoms with Gasteiger partial charge in [0.05, 0.1) is 16.6 Å². The summed E-state index contributed by atoms with van der Waals surface area (Å²) in [7, 11) is 0. The van der Waals surface area contributed by atoms with E-state index in [0.29, 0.717) is 18.4 Å². The Kier molecular flexibility index (Phi) is 4.37. The Labute approximate surface area is 95.5 Å². The zero-order chi connectivity index (χ0) is 12.1. The number of nitro benzene ring substituents is 1. The first-order chi connectivity index (χ1) is 7.56. The fourth-order valence-corrected chi connectivity index (χ4v) is 1.24. The van der Waals surface area contributed by atoms with E-state index in [9.17, 15) is 18.9 Å². The van der Waals surface area contributed by atoms with Gasteiger partial charge in [-0.05, 0) is 12.5 Å². The van der Waals surface area contributed by atoms with E-state index < -0.39 is 22.2 Å². The van der Waals surface area contributed by atoms with Gasteiger partial charge in [0.2, 0.25) is 0 Å². The topological polar surface area (TPSA) is 43.1 Å². The highest BCUT2D eigenvalue weighted by Crippen LogP contribution is 2.23. The van der Waals surface area contributed by atoms with Crippen LogP contribution in [0.15, 0.2) is 18.2 Å². The molecule has 0 aliphatic rings. The highest BCUT2D eigenvalue weighted by atomic mass is 35.5. The molecule has 0 aliphatic heterocycles. The molecule has 0 unspecified atom stereocenters. The SMILES string of the molecule is O=[N+]([O-])c1cc(F)c(F)cc1C=CCCCl. The van der Waals surface area contributed by atoms with Gasteiger partial charge < -0.3 is 0 Å². The molecule has 1 rings (SSSR count). The molecule has 0 aromatic heterocycles. The fourth-order valence-electron chi connectivity index (χ4n) is 1.12. The molecular formula is C10H8ClF2NO2. The first-order valence-corrected chi connectivity index (χ1v) is 4.95. The first-order valence-electron chi connectivity index (χ1n) is 4.42. The molecule has 0 bridgehead atoms. The van der Waals surface area contributed by atoms with E-state index in [2.05, 4.69) is 0 Å². The average Bonchev–Trinajstić information content (AvgIpc) is 2.23. The maximum Gasteiger partial charge on any atom is 0.279 e. The van der Waals surface area contributed by atoms with Crippen LogP contribution in [0.4, 0.5) is 14.5 Å². The Morgan fingerprint density at radius 2 is 2.00 bits per heavy atom. The van der Waals surface area contributed by atoms with Crippen LogP contribution in [0.25, 0.3) is 6.08 Å². The summed E-state index contributed by atoms with van der Waals surface area (Å²) >= 11 is 5.41. The number of rotatable bonds is 4. The first kappa shape index (κ1) is 12.6. The Bertz CT molecular complexity index is 435. The van der Waals surface area contributed by atoms with Crippen LogP contribution >= 0.6 is 11.6 Å². The largest absolute Gasteiger partial charge is 0.279 e. The van der Waals surface area contributed by atoms with Gasteiger partial charge in [0, 0.05) is 5.88 Å². The molecule has 0 saturated carbocycles. The molecular weight excluding hydrogens is 240 g/mol. The normalized spacial score (nSPS) is 10.9.